The van der Waals surface area contributed by atoms with Gasteiger partial charge in [-0.1, -0.05) is 26.2 Å². The summed E-state index contributed by atoms with van der Waals surface area (Å²) in [6, 6.07) is 0. The third kappa shape index (κ3) is 5.42. The molecule has 0 fully saturated rings. The normalized spacial score (nSPS) is 15.0. The van der Waals surface area contributed by atoms with Crippen LogP contribution in [-0.2, 0) is 8.85 Å². The Labute approximate surface area is 119 Å². The Balaban J connectivity index is 4.97. The van der Waals surface area contributed by atoms with Gasteiger partial charge in [0.25, 0.3) is 0 Å². The molecule has 0 amide bonds. The summed E-state index contributed by atoms with van der Waals surface area (Å²) in [4.78, 5) is 0. The summed E-state index contributed by atoms with van der Waals surface area (Å²) in [5.41, 5.74) is 2.79. The van der Waals surface area contributed by atoms with Gasteiger partial charge in [-0.3, -0.25) is 0 Å². The molecule has 0 aliphatic carbocycles. The van der Waals surface area contributed by atoms with E-state index in [9.17, 15) is 0 Å². The number of hydrogen-bond acceptors (Lipinski definition) is 2. The van der Waals surface area contributed by atoms with Crippen molar-refractivity contribution in [3.63, 3.8) is 0 Å². The Bertz CT molecular complexity index is 247. The van der Waals surface area contributed by atoms with Crippen molar-refractivity contribution in [3.8, 4) is 0 Å². The quantitative estimate of drug-likeness (QED) is 0.652. The first-order valence-corrected chi connectivity index (χ1v) is 20.5. The SMILES string of the molecule is CO[Si](C)(C)C[Si](C)(C)[Si](C)(C)C[Si](C)(C)OC. The van der Waals surface area contributed by atoms with E-state index in [0.29, 0.717) is 0 Å². The van der Waals surface area contributed by atoms with Crippen molar-refractivity contribution in [1.82, 2.24) is 0 Å². The Kier molecular flexibility index (Phi) is 6.31. The van der Waals surface area contributed by atoms with Crippen LogP contribution in [0, 0.1) is 0 Å². The summed E-state index contributed by atoms with van der Waals surface area (Å²) in [6.07, 6.45) is 0. The van der Waals surface area contributed by atoms with Crippen molar-refractivity contribution in [2.45, 2.75) is 63.7 Å². The second-order valence-electron chi connectivity index (χ2n) is 8.05. The molecule has 0 unspecified atom stereocenters. The maximum atomic E-state index is 5.80. The number of hydrogen-bond donors (Lipinski definition) is 0. The zero-order valence-corrected chi connectivity index (χ0v) is 18.2. The molecule has 0 aliphatic heterocycles. The van der Waals surface area contributed by atoms with Gasteiger partial charge in [0.05, 0.1) is 0 Å². The van der Waals surface area contributed by atoms with Crippen molar-refractivity contribution in [2.24, 2.45) is 0 Å². The smallest absolute Gasteiger partial charge is 0.183 e. The molecule has 2 nitrogen and oxygen atoms in total. The highest BCUT2D eigenvalue weighted by atomic mass is 29.3. The van der Waals surface area contributed by atoms with Crippen LogP contribution < -0.4 is 0 Å². The summed E-state index contributed by atoms with van der Waals surface area (Å²) >= 11 is 0. The van der Waals surface area contributed by atoms with Crippen molar-refractivity contribution in [1.29, 1.82) is 0 Å². The Morgan fingerprint density at radius 1 is 0.556 bits per heavy atom. The van der Waals surface area contributed by atoms with E-state index in [2.05, 4.69) is 52.4 Å². The fourth-order valence-corrected chi connectivity index (χ4v) is 41.0. The maximum absolute atomic E-state index is 5.80. The minimum Gasteiger partial charge on any atom is -0.421 e. The highest BCUT2D eigenvalue weighted by molar-refractivity contribution is 7.44. The summed E-state index contributed by atoms with van der Waals surface area (Å²) in [5.74, 6) is 0. The average Bonchev–Trinajstić information content (AvgIpc) is 2.14. The Morgan fingerprint density at radius 3 is 0.944 bits per heavy atom. The monoisotopic (exact) mass is 322 g/mol. The Morgan fingerprint density at radius 2 is 0.778 bits per heavy atom. The lowest BCUT2D eigenvalue weighted by molar-refractivity contribution is 0.407. The molecule has 0 heterocycles. The highest BCUT2D eigenvalue weighted by Crippen LogP contribution is 2.34. The van der Waals surface area contributed by atoms with Gasteiger partial charge in [-0.15, -0.1) is 0 Å². The van der Waals surface area contributed by atoms with Crippen LogP contribution in [0.3, 0.4) is 0 Å². The van der Waals surface area contributed by atoms with Gasteiger partial charge in [-0.05, 0) is 37.5 Å². The topological polar surface area (TPSA) is 18.5 Å². The molecular weight excluding hydrogens is 288 g/mol. The van der Waals surface area contributed by atoms with E-state index in [0.717, 1.165) is 0 Å². The third-order valence-corrected chi connectivity index (χ3v) is 38.6. The zero-order valence-electron chi connectivity index (χ0n) is 14.2. The van der Waals surface area contributed by atoms with E-state index < -0.39 is 31.8 Å². The van der Waals surface area contributed by atoms with Crippen LogP contribution in [0.1, 0.15) is 0 Å². The van der Waals surface area contributed by atoms with E-state index in [-0.39, 0.29) is 0 Å². The molecule has 110 valence electrons. The average molecular weight is 323 g/mol. The lowest BCUT2D eigenvalue weighted by atomic mass is 11.7. The molecule has 0 rings (SSSR count). The molecule has 0 saturated carbocycles. The summed E-state index contributed by atoms with van der Waals surface area (Å²) in [5, 5.41) is 0. The minimum absolute atomic E-state index is 1.18. The third-order valence-electron chi connectivity index (χ3n) is 4.67. The predicted octanol–water partition coefficient (Wildman–Crippen LogP) is 4.26. The van der Waals surface area contributed by atoms with Crippen molar-refractivity contribution >= 4 is 31.8 Å². The minimum atomic E-state index is -1.44. The van der Waals surface area contributed by atoms with Gasteiger partial charge < -0.3 is 8.85 Å². The van der Waals surface area contributed by atoms with Crippen LogP contribution in [0.5, 0.6) is 0 Å². The fourth-order valence-electron chi connectivity index (χ4n) is 2.75. The molecule has 0 saturated heterocycles. The van der Waals surface area contributed by atoms with Crippen LogP contribution >= 0.6 is 0 Å². The van der Waals surface area contributed by atoms with Gasteiger partial charge in [0.1, 0.15) is 0 Å². The van der Waals surface area contributed by atoms with E-state index >= 15 is 0 Å². The molecule has 6 heteroatoms. The predicted molar refractivity (Wildman–Crippen MR) is 93.6 cm³/mol. The van der Waals surface area contributed by atoms with Crippen molar-refractivity contribution in [2.75, 3.05) is 14.2 Å². The molecule has 0 aromatic carbocycles. The van der Waals surface area contributed by atoms with E-state index in [4.69, 9.17) is 8.85 Å². The van der Waals surface area contributed by atoms with Crippen LogP contribution in [0.2, 0.25) is 63.7 Å². The Hall–Kier alpha value is 0.788. The van der Waals surface area contributed by atoms with Crippen molar-refractivity contribution in [3.05, 3.63) is 0 Å². The van der Waals surface area contributed by atoms with Crippen LogP contribution in [0.25, 0.3) is 0 Å². The first-order valence-electron chi connectivity index (χ1n) is 6.89. The molecule has 0 atom stereocenters. The van der Waals surface area contributed by atoms with Gasteiger partial charge in [0.15, 0.2) is 16.6 Å². The first kappa shape index (κ1) is 18.8. The molecule has 0 radical (unpaired) electrons. The second kappa shape index (κ2) is 6.05. The van der Waals surface area contributed by atoms with Crippen LogP contribution in [0.4, 0.5) is 0 Å². The molecule has 18 heavy (non-hydrogen) atoms. The molecule has 0 spiro atoms. The van der Waals surface area contributed by atoms with Gasteiger partial charge in [-0.25, -0.2) is 0 Å². The summed E-state index contributed by atoms with van der Waals surface area (Å²) < 4.78 is 11.6. The molecule has 0 aromatic rings. The summed E-state index contributed by atoms with van der Waals surface area (Å²) in [6.45, 7) is 19.8. The maximum Gasteiger partial charge on any atom is 0.183 e. The number of rotatable bonds is 7. The van der Waals surface area contributed by atoms with Crippen LogP contribution in [0.15, 0.2) is 0 Å². The fraction of sp³-hybridized carbons (Fsp3) is 1.00. The largest absolute Gasteiger partial charge is 0.421 e. The van der Waals surface area contributed by atoms with Gasteiger partial charge in [-0.2, -0.15) is 0 Å². The molecule has 0 aromatic heterocycles. The zero-order chi connectivity index (χ0) is 14.8. The van der Waals surface area contributed by atoms with Gasteiger partial charge >= 0.3 is 0 Å². The van der Waals surface area contributed by atoms with E-state index in [1.807, 2.05) is 14.2 Å². The molecule has 0 N–H and O–H groups in total. The van der Waals surface area contributed by atoms with E-state index in [1.54, 1.807) is 0 Å². The standard InChI is InChI=1S/C12H34O2Si4/c1-13-15(3,4)11-17(7,8)18(9,10)12-16(5,6)14-2/h11-12H2,1-10H3. The van der Waals surface area contributed by atoms with Crippen molar-refractivity contribution < 1.29 is 8.85 Å². The summed E-state index contributed by atoms with van der Waals surface area (Å²) in [7, 11) is -1.44. The first-order chi connectivity index (χ1) is 7.79. The van der Waals surface area contributed by atoms with Crippen LogP contribution in [-0.4, -0.2) is 46.0 Å². The second-order valence-corrected chi connectivity index (χ2v) is 34.4. The highest BCUT2D eigenvalue weighted by Gasteiger charge is 2.47. The molecule has 0 aliphatic rings. The molecular formula is C12H34O2Si4. The lowest BCUT2D eigenvalue weighted by Crippen LogP contribution is -2.62. The lowest BCUT2D eigenvalue weighted by Gasteiger charge is -2.44. The van der Waals surface area contributed by atoms with Gasteiger partial charge in [0, 0.05) is 29.4 Å². The molecule has 0 bridgehead atoms. The van der Waals surface area contributed by atoms with E-state index in [1.165, 1.54) is 11.3 Å². The van der Waals surface area contributed by atoms with Gasteiger partial charge in [0.2, 0.25) is 0 Å².